The van der Waals surface area contributed by atoms with E-state index in [0.29, 0.717) is 18.7 Å². The van der Waals surface area contributed by atoms with Crippen LogP contribution in [0, 0.1) is 5.82 Å². The molecular formula is C18H19FN2O2. The van der Waals surface area contributed by atoms with Crippen LogP contribution in [0.1, 0.15) is 17.2 Å². The normalized spacial score (nSPS) is 19.1. The second-order valence-corrected chi connectivity index (χ2v) is 5.47. The summed E-state index contributed by atoms with van der Waals surface area (Å²) in [5, 5.41) is 6.11. The molecule has 1 aliphatic heterocycles. The Morgan fingerprint density at radius 2 is 1.96 bits per heavy atom. The Labute approximate surface area is 134 Å². The van der Waals surface area contributed by atoms with Crippen molar-refractivity contribution in [2.45, 2.75) is 12.1 Å². The molecule has 2 aromatic rings. The lowest BCUT2D eigenvalue weighted by atomic mass is 9.98. The van der Waals surface area contributed by atoms with Crippen LogP contribution in [0.4, 0.5) is 4.39 Å². The highest BCUT2D eigenvalue weighted by Gasteiger charge is 2.25. The van der Waals surface area contributed by atoms with Gasteiger partial charge in [-0.25, -0.2) is 4.39 Å². The molecule has 0 aromatic heterocycles. The van der Waals surface area contributed by atoms with Crippen molar-refractivity contribution in [3.8, 4) is 0 Å². The zero-order valence-electron chi connectivity index (χ0n) is 12.7. The number of hydrogen-bond donors (Lipinski definition) is 2. The van der Waals surface area contributed by atoms with E-state index in [1.54, 1.807) is 12.1 Å². The Bertz CT molecular complexity index is 657. The van der Waals surface area contributed by atoms with Crippen molar-refractivity contribution < 1.29 is 13.9 Å². The van der Waals surface area contributed by atoms with Crippen molar-refractivity contribution in [1.29, 1.82) is 0 Å². The van der Waals surface area contributed by atoms with Gasteiger partial charge in [0.25, 0.3) is 5.91 Å². The van der Waals surface area contributed by atoms with E-state index in [1.807, 2.05) is 30.3 Å². The molecule has 23 heavy (non-hydrogen) atoms. The van der Waals surface area contributed by atoms with Crippen molar-refractivity contribution in [2.24, 2.45) is 0 Å². The Hall–Kier alpha value is -2.24. The van der Waals surface area contributed by atoms with Crippen molar-refractivity contribution in [1.82, 2.24) is 10.6 Å². The van der Waals surface area contributed by atoms with Crippen LogP contribution in [0.15, 0.2) is 54.6 Å². The standard InChI is InChI=1S/C18H19FN2O2/c19-15-8-4-7-14(11-15)17(13-5-2-1-3-6-13)21-18(22)16-12-20-9-10-23-16/h1-8,11,16-17,20H,9-10,12H2,(H,21,22). The van der Waals surface area contributed by atoms with Crippen molar-refractivity contribution in [2.75, 3.05) is 19.7 Å². The van der Waals surface area contributed by atoms with Crippen molar-refractivity contribution in [3.63, 3.8) is 0 Å². The zero-order chi connectivity index (χ0) is 16.1. The summed E-state index contributed by atoms with van der Waals surface area (Å²) >= 11 is 0. The molecule has 120 valence electrons. The molecule has 0 aliphatic carbocycles. The average molecular weight is 314 g/mol. The SMILES string of the molecule is O=C(NC(c1ccccc1)c1cccc(F)c1)C1CNCCO1. The van der Waals surface area contributed by atoms with Gasteiger partial charge in [0.05, 0.1) is 12.6 Å². The number of amides is 1. The van der Waals surface area contributed by atoms with E-state index in [4.69, 9.17) is 4.74 Å². The minimum Gasteiger partial charge on any atom is -0.366 e. The first-order valence-electron chi connectivity index (χ1n) is 7.67. The molecule has 4 nitrogen and oxygen atoms in total. The van der Waals surface area contributed by atoms with Gasteiger partial charge in [-0.05, 0) is 23.3 Å². The van der Waals surface area contributed by atoms with Gasteiger partial charge < -0.3 is 15.4 Å². The van der Waals surface area contributed by atoms with Gasteiger partial charge in [0.1, 0.15) is 11.9 Å². The third-order valence-corrected chi connectivity index (χ3v) is 3.82. The number of ether oxygens (including phenoxy) is 1. The fourth-order valence-electron chi connectivity index (χ4n) is 2.66. The lowest BCUT2D eigenvalue weighted by Gasteiger charge is -2.26. The molecule has 1 fully saturated rings. The molecule has 0 radical (unpaired) electrons. The summed E-state index contributed by atoms with van der Waals surface area (Å²) in [5.74, 6) is -0.524. The van der Waals surface area contributed by atoms with Crippen molar-refractivity contribution >= 4 is 5.91 Å². The molecule has 1 heterocycles. The fourth-order valence-corrected chi connectivity index (χ4v) is 2.66. The molecule has 5 heteroatoms. The minimum absolute atomic E-state index is 0.199. The summed E-state index contributed by atoms with van der Waals surface area (Å²) < 4.78 is 19.1. The molecule has 3 rings (SSSR count). The van der Waals surface area contributed by atoms with Crippen LogP contribution in [0.3, 0.4) is 0 Å². The Balaban J connectivity index is 1.85. The highest BCUT2D eigenvalue weighted by atomic mass is 19.1. The van der Waals surface area contributed by atoms with E-state index in [9.17, 15) is 9.18 Å². The Morgan fingerprint density at radius 3 is 2.65 bits per heavy atom. The summed E-state index contributed by atoms with van der Waals surface area (Å²) in [6.07, 6.45) is -0.525. The topological polar surface area (TPSA) is 50.4 Å². The smallest absolute Gasteiger partial charge is 0.251 e. The van der Waals surface area contributed by atoms with Crippen LogP contribution >= 0.6 is 0 Å². The molecule has 0 spiro atoms. The van der Waals surface area contributed by atoms with Crippen molar-refractivity contribution in [3.05, 3.63) is 71.5 Å². The molecule has 2 N–H and O–H groups in total. The fraction of sp³-hybridized carbons (Fsp3) is 0.278. The molecule has 1 saturated heterocycles. The molecule has 0 bridgehead atoms. The van der Waals surface area contributed by atoms with Gasteiger partial charge in [-0.1, -0.05) is 42.5 Å². The predicted octanol–water partition coefficient (Wildman–Crippen LogP) is 2.02. The molecule has 2 atom stereocenters. The van der Waals surface area contributed by atoms with Gasteiger partial charge in [0.2, 0.25) is 0 Å². The van der Waals surface area contributed by atoms with Crippen LogP contribution < -0.4 is 10.6 Å². The molecule has 1 aliphatic rings. The summed E-state index contributed by atoms with van der Waals surface area (Å²) in [5.41, 5.74) is 1.60. The van der Waals surface area contributed by atoms with Gasteiger partial charge >= 0.3 is 0 Å². The maximum absolute atomic E-state index is 13.6. The van der Waals surface area contributed by atoms with E-state index in [1.165, 1.54) is 12.1 Å². The lowest BCUT2D eigenvalue weighted by Crippen LogP contribution is -2.48. The molecule has 2 unspecified atom stereocenters. The number of hydrogen-bond acceptors (Lipinski definition) is 3. The van der Waals surface area contributed by atoms with E-state index < -0.39 is 12.1 Å². The predicted molar refractivity (Wildman–Crippen MR) is 85.4 cm³/mol. The summed E-state index contributed by atoms with van der Waals surface area (Å²) in [6.45, 7) is 1.74. The zero-order valence-corrected chi connectivity index (χ0v) is 12.7. The first-order chi connectivity index (χ1) is 11.2. The quantitative estimate of drug-likeness (QED) is 0.908. The first-order valence-corrected chi connectivity index (χ1v) is 7.67. The number of benzene rings is 2. The summed E-state index contributed by atoms with van der Waals surface area (Å²) in [4.78, 5) is 12.5. The Kier molecular flexibility index (Phi) is 5.00. The highest BCUT2D eigenvalue weighted by Crippen LogP contribution is 2.23. The van der Waals surface area contributed by atoms with Crippen LogP contribution in [-0.2, 0) is 9.53 Å². The number of carbonyl (C=O) groups is 1. The van der Waals surface area contributed by atoms with Gasteiger partial charge in [-0.15, -0.1) is 0 Å². The summed E-state index contributed by atoms with van der Waals surface area (Å²) in [6, 6.07) is 15.4. The summed E-state index contributed by atoms with van der Waals surface area (Å²) in [7, 11) is 0. The van der Waals surface area contributed by atoms with Crippen LogP contribution in [-0.4, -0.2) is 31.7 Å². The van der Waals surface area contributed by atoms with Crippen LogP contribution in [0.25, 0.3) is 0 Å². The maximum atomic E-state index is 13.6. The van der Waals surface area contributed by atoms with Crippen LogP contribution in [0.5, 0.6) is 0 Å². The number of nitrogens with one attached hydrogen (secondary N) is 2. The first kappa shape index (κ1) is 15.6. The van der Waals surface area contributed by atoms with Gasteiger partial charge in [-0.3, -0.25) is 4.79 Å². The third kappa shape index (κ3) is 3.94. The average Bonchev–Trinajstić information content (AvgIpc) is 2.61. The number of halogens is 1. The van der Waals surface area contributed by atoms with Gasteiger partial charge in [0, 0.05) is 13.1 Å². The molecule has 0 saturated carbocycles. The number of morpholine rings is 1. The van der Waals surface area contributed by atoms with Gasteiger partial charge in [0.15, 0.2) is 0 Å². The maximum Gasteiger partial charge on any atom is 0.251 e. The number of rotatable bonds is 4. The van der Waals surface area contributed by atoms with Gasteiger partial charge in [-0.2, -0.15) is 0 Å². The second kappa shape index (κ2) is 7.35. The van der Waals surface area contributed by atoms with E-state index >= 15 is 0 Å². The van der Waals surface area contributed by atoms with E-state index in [0.717, 1.165) is 12.1 Å². The molecule has 2 aromatic carbocycles. The largest absolute Gasteiger partial charge is 0.366 e. The lowest BCUT2D eigenvalue weighted by molar-refractivity contribution is -0.134. The van der Waals surface area contributed by atoms with E-state index in [2.05, 4.69) is 10.6 Å². The second-order valence-electron chi connectivity index (χ2n) is 5.47. The third-order valence-electron chi connectivity index (χ3n) is 3.82. The minimum atomic E-state index is -0.525. The van der Waals surface area contributed by atoms with E-state index in [-0.39, 0.29) is 11.7 Å². The monoisotopic (exact) mass is 314 g/mol. The molecular weight excluding hydrogens is 295 g/mol. The van der Waals surface area contributed by atoms with Crippen LogP contribution in [0.2, 0.25) is 0 Å². The molecule has 1 amide bonds. The Morgan fingerprint density at radius 1 is 1.17 bits per heavy atom. The highest BCUT2D eigenvalue weighted by molar-refractivity contribution is 5.82. The number of carbonyl (C=O) groups excluding carboxylic acids is 1.